The van der Waals surface area contributed by atoms with Crippen molar-refractivity contribution in [3.63, 3.8) is 0 Å². The summed E-state index contributed by atoms with van der Waals surface area (Å²) in [6, 6.07) is 12.2. The zero-order valence-corrected chi connectivity index (χ0v) is 17.2. The number of hydrogen-bond acceptors (Lipinski definition) is 4. The first-order valence-electron chi connectivity index (χ1n) is 10.3. The van der Waals surface area contributed by atoms with Gasteiger partial charge in [-0.25, -0.2) is 8.78 Å². The van der Waals surface area contributed by atoms with Gasteiger partial charge in [-0.15, -0.1) is 0 Å². The Bertz CT molecular complexity index is 1160. The molecule has 2 aromatic carbocycles. The zero-order chi connectivity index (χ0) is 22.7. The highest BCUT2D eigenvalue weighted by atomic mass is 19.1. The number of pyridine rings is 1. The molecule has 0 spiro atoms. The summed E-state index contributed by atoms with van der Waals surface area (Å²) in [5, 5.41) is 5.48. The molecule has 3 aromatic rings. The van der Waals surface area contributed by atoms with Gasteiger partial charge in [0.25, 0.3) is 11.8 Å². The Morgan fingerprint density at radius 1 is 1.00 bits per heavy atom. The van der Waals surface area contributed by atoms with E-state index in [1.807, 2.05) is 0 Å². The van der Waals surface area contributed by atoms with Crippen LogP contribution in [0, 0.1) is 11.6 Å². The van der Waals surface area contributed by atoms with E-state index in [-0.39, 0.29) is 41.7 Å². The minimum Gasteiger partial charge on any atom is -0.349 e. The summed E-state index contributed by atoms with van der Waals surface area (Å²) < 4.78 is 28.3. The number of hydrogen-bond donors (Lipinski definition) is 3. The van der Waals surface area contributed by atoms with Gasteiger partial charge >= 0.3 is 0 Å². The van der Waals surface area contributed by atoms with Crippen LogP contribution in [-0.2, 0) is 13.1 Å². The van der Waals surface area contributed by atoms with Crippen molar-refractivity contribution in [3.05, 3.63) is 88.6 Å². The molecule has 1 aromatic heterocycles. The first kappa shape index (κ1) is 21.6. The van der Waals surface area contributed by atoms with E-state index in [4.69, 9.17) is 5.73 Å². The molecule has 0 saturated heterocycles. The van der Waals surface area contributed by atoms with Crippen molar-refractivity contribution in [3.8, 4) is 11.3 Å². The Hall–Kier alpha value is -3.65. The van der Waals surface area contributed by atoms with E-state index in [1.165, 1.54) is 24.4 Å². The first-order valence-corrected chi connectivity index (χ1v) is 10.3. The normalized spacial score (nSPS) is 13.0. The number of nitrogens with zero attached hydrogens (tertiary/aromatic N) is 1. The van der Waals surface area contributed by atoms with Gasteiger partial charge in [0, 0.05) is 47.6 Å². The van der Waals surface area contributed by atoms with Crippen LogP contribution in [-0.4, -0.2) is 22.8 Å². The molecule has 0 unspecified atom stereocenters. The summed E-state index contributed by atoms with van der Waals surface area (Å²) in [6.45, 7) is -0.0355. The summed E-state index contributed by atoms with van der Waals surface area (Å²) in [7, 11) is 0. The van der Waals surface area contributed by atoms with Crippen LogP contribution in [0.3, 0.4) is 0 Å². The molecule has 0 atom stereocenters. The van der Waals surface area contributed by atoms with Crippen LogP contribution < -0.4 is 16.4 Å². The van der Waals surface area contributed by atoms with E-state index < -0.39 is 17.5 Å². The quantitative estimate of drug-likeness (QED) is 0.529. The Balaban J connectivity index is 1.53. The first-order chi connectivity index (χ1) is 15.5. The standard InChI is InChI=1S/C24H22F2N4O2/c25-20-4-2-1-3-14(20)12-29-23(31)15-5-8-22(28-13-15)18-9-16(10-21(26)19(18)11-27)24(32)30-17-6-7-17/h1-5,8-10,13,17H,6-7,11-12,27H2,(H,29,31)(H,30,32). The molecule has 1 fully saturated rings. The zero-order valence-electron chi connectivity index (χ0n) is 17.2. The van der Waals surface area contributed by atoms with Crippen LogP contribution in [0.2, 0.25) is 0 Å². The molecule has 32 heavy (non-hydrogen) atoms. The molecular formula is C24H22F2N4O2. The van der Waals surface area contributed by atoms with Gasteiger partial charge in [0.1, 0.15) is 11.6 Å². The molecule has 6 nitrogen and oxygen atoms in total. The molecule has 0 radical (unpaired) electrons. The van der Waals surface area contributed by atoms with E-state index in [9.17, 15) is 18.4 Å². The minimum absolute atomic E-state index is 0.0357. The number of halogens is 2. The van der Waals surface area contributed by atoms with Crippen LogP contribution in [0.4, 0.5) is 8.78 Å². The third-order valence-corrected chi connectivity index (χ3v) is 5.27. The lowest BCUT2D eigenvalue weighted by molar-refractivity contribution is 0.0942. The van der Waals surface area contributed by atoms with Crippen LogP contribution in [0.15, 0.2) is 54.7 Å². The highest BCUT2D eigenvalue weighted by molar-refractivity contribution is 5.96. The molecule has 8 heteroatoms. The van der Waals surface area contributed by atoms with Crippen molar-refractivity contribution in [1.29, 1.82) is 0 Å². The second-order valence-electron chi connectivity index (χ2n) is 7.64. The number of nitrogens with two attached hydrogens (primary N) is 1. The molecule has 4 rings (SSSR count). The lowest BCUT2D eigenvalue weighted by Gasteiger charge is -2.12. The fraction of sp³-hybridized carbons (Fsp3) is 0.208. The van der Waals surface area contributed by atoms with Crippen molar-refractivity contribution in [2.45, 2.75) is 32.0 Å². The van der Waals surface area contributed by atoms with Gasteiger partial charge in [-0.1, -0.05) is 18.2 Å². The predicted molar refractivity (Wildman–Crippen MR) is 116 cm³/mol. The third-order valence-electron chi connectivity index (χ3n) is 5.27. The van der Waals surface area contributed by atoms with E-state index in [0.717, 1.165) is 12.8 Å². The summed E-state index contributed by atoms with van der Waals surface area (Å²) in [5.74, 6) is -1.75. The number of carbonyl (C=O) groups is 2. The van der Waals surface area contributed by atoms with E-state index in [2.05, 4.69) is 15.6 Å². The molecule has 1 aliphatic carbocycles. The Kier molecular flexibility index (Phi) is 6.23. The predicted octanol–water partition coefficient (Wildman–Crippen LogP) is 3.31. The second-order valence-corrected chi connectivity index (χ2v) is 7.64. The van der Waals surface area contributed by atoms with Gasteiger partial charge in [-0.3, -0.25) is 14.6 Å². The maximum absolute atomic E-state index is 14.6. The van der Waals surface area contributed by atoms with Gasteiger partial charge < -0.3 is 16.4 Å². The maximum atomic E-state index is 14.6. The molecule has 2 amide bonds. The molecule has 1 aliphatic rings. The molecule has 164 valence electrons. The van der Waals surface area contributed by atoms with Crippen molar-refractivity contribution in [1.82, 2.24) is 15.6 Å². The molecule has 0 bridgehead atoms. The number of benzene rings is 2. The Morgan fingerprint density at radius 3 is 2.44 bits per heavy atom. The third kappa shape index (κ3) is 4.81. The second kappa shape index (κ2) is 9.23. The summed E-state index contributed by atoms with van der Waals surface area (Å²) in [5.41, 5.74) is 7.57. The van der Waals surface area contributed by atoms with E-state index in [0.29, 0.717) is 16.8 Å². The van der Waals surface area contributed by atoms with Crippen molar-refractivity contribution < 1.29 is 18.4 Å². The highest BCUT2D eigenvalue weighted by Crippen LogP contribution is 2.27. The lowest BCUT2D eigenvalue weighted by Crippen LogP contribution is -2.25. The highest BCUT2D eigenvalue weighted by Gasteiger charge is 2.25. The topological polar surface area (TPSA) is 97.1 Å². The van der Waals surface area contributed by atoms with Gasteiger partial charge in [-0.05, 0) is 43.2 Å². The minimum atomic E-state index is -0.584. The molecule has 1 saturated carbocycles. The summed E-state index contributed by atoms with van der Waals surface area (Å²) >= 11 is 0. The SMILES string of the molecule is NCc1c(F)cc(C(=O)NC2CC2)cc1-c1ccc(C(=O)NCc2ccccc2F)cn1. The molecule has 0 aliphatic heterocycles. The maximum Gasteiger partial charge on any atom is 0.253 e. The fourth-order valence-corrected chi connectivity index (χ4v) is 3.31. The number of aromatic nitrogens is 1. The van der Waals surface area contributed by atoms with Gasteiger partial charge in [0.05, 0.1) is 11.3 Å². The Labute approximate surface area is 183 Å². The summed E-state index contributed by atoms with van der Waals surface area (Å²) in [4.78, 5) is 29.1. The summed E-state index contributed by atoms with van der Waals surface area (Å²) in [6.07, 6.45) is 3.19. The van der Waals surface area contributed by atoms with Crippen LogP contribution >= 0.6 is 0 Å². The van der Waals surface area contributed by atoms with E-state index in [1.54, 1.807) is 30.3 Å². The van der Waals surface area contributed by atoms with Crippen molar-refractivity contribution >= 4 is 11.8 Å². The van der Waals surface area contributed by atoms with Crippen LogP contribution in [0.25, 0.3) is 11.3 Å². The average Bonchev–Trinajstić information content (AvgIpc) is 3.62. The van der Waals surface area contributed by atoms with Crippen molar-refractivity contribution in [2.24, 2.45) is 5.73 Å². The monoisotopic (exact) mass is 436 g/mol. The van der Waals surface area contributed by atoms with E-state index >= 15 is 0 Å². The fourth-order valence-electron chi connectivity index (χ4n) is 3.31. The smallest absolute Gasteiger partial charge is 0.253 e. The van der Waals surface area contributed by atoms with Gasteiger partial charge in [-0.2, -0.15) is 0 Å². The number of nitrogens with one attached hydrogen (secondary N) is 2. The van der Waals surface area contributed by atoms with Crippen LogP contribution in [0.5, 0.6) is 0 Å². The van der Waals surface area contributed by atoms with Crippen molar-refractivity contribution in [2.75, 3.05) is 0 Å². The van der Waals surface area contributed by atoms with Crippen LogP contribution in [0.1, 0.15) is 44.7 Å². The number of carbonyl (C=O) groups excluding carboxylic acids is 2. The largest absolute Gasteiger partial charge is 0.349 e. The molecule has 4 N–H and O–H groups in total. The number of rotatable bonds is 7. The average molecular weight is 436 g/mol. The molecular weight excluding hydrogens is 414 g/mol. The Morgan fingerprint density at radius 2 is 1.78 bits per heavy atom. The molecule has 1 heterocycles. The lowest BCUT2D eigenvalue weighted by atomic mass is 9.99. The number of amides is 2. The van der Waals surface area contributed by atoms with Gasteiger partial charge in [0.15, 0.2) is 0 Å². The van der Waals surface area contributed by atoms with Gasteiger partial charge in [0.2, 0.25) is 0 Å².